The fourth-order valence-corrected chi connectivity index (χ4v) is 3.75. The van der Waals surface area contributed by atoms with Crippen molar-refractivity contribution in [2.45, 2.75) is 6.92 Å². The second-order valence-corrected chi connectivity index (χ2v) is 7.10. The van der Waals surface area contributed by atoms with Gasteiger partial charge in [-0.25, -0.2) is 9.38 Å². The summed E-state index contributed by atoms with van der Waals surface area (Å²) < 4.78 is 7.54. The summed E-state index contributed by atoms with van der Waals surface area (Å²) in [6.45, 7) is 4.98. The summed E-state index contributed by atoms with van der Waals surface area (Å²) in [5.74, 6) is 1.53. The molecule has 1 saturated heterocycles. The van der Waals surface area contributed by atoms with Gasteiger partial charge in [-0.3, -0.25) is 0 Å². The Balaban J connectivity index is 1.86. The molecule has 0 unspecified atom stereocenters. The van der Waals surface area contributed by atoms with E-state index in [-0.39, 0.29) is 0 Å². The first kappa shape index (κ1) is 16.5. The molecule has 1 fully saturated rings. The minimum absolute atomic E-state index is 0.643. The lowest BCUT2D eigenvalue weighted by atomic mass is 10.1. The van der Waals surface area contributed by atoms with Crippen molar-refractivity contribution >= 4 is 34.1 Å². The Bertz CT molecular complexity index is 1150. The van der Waals surface area contributed by atoms with Gasteiger partial charge in [0.05, 0.1) is 23.8 Å². The van der Waals surface area contributed by atoms with Gasteiger partial charge in [-0.15, -0.1) is 10.2 Å². The molecule has 27 heavy (non-hydrogen) atoms. The maximum absolute atomic E-state index is 6.46. The summed E-state index contributed by atoms with van der Waals surface area (Å²) in [7, 11) is 0. The van der Waals surface area contributed by atoms with Crippen molar-refractivity contribution in [3.8, 4) is 11.4 Å². The minimum atomic E-state index is 0.643. The van der Waals surface area contributed by atoms with Gasteiger partial charge in [-0.05, 0) is 31.2 Å². The lowest BCUT2D eigenvalue weighted by Gasteiger charge is -2.28. The molecule has 6 nitrogen and oxygen atoms in total. The van der Waals surface area contributed by atoms with Crippen molar-refractivity contribution in [2.75, 3.05) is 31.2 Å². The second kappa shape index (κ2) is 6.48. The van der Waals surface area contributed by atoms with Crippen LogP contribution in [0.4, 0.5) is 5.95 Å². The van der Waals surface area contributed by atoms with Crippen molar-refractivity contribution in [2.24, 2.45) is 0 Å². The minimum Gasteiger partial charge on any atom is -0.378 e. The number of rotatable bonds is 2. The topological polar surface area (TPSA) is 55.6 Å². The van der Waals surface area contributed by atoms with Crippen LogP contribution in [-0.2, 0) is 4.74 Å². The quantitative estimate of drug-likeness (QED) is 0.531. The lowest BCUT2D eigenvalue weighted by molar-refractivity contribution is 0.122. The number of aryl methyl sites for hydroxylation is 1. The summed E-state index contributed by atoms with van der Waals surface area (Å²) in [4.78, 5) is 7.19. The van der Waals surface area contributed by atoms with Gasteiger partial charge in [0, 0.05) is 24.0 Å². The number of morpholine rings is 1. The van der Waals surface area contributed by atoms with Gasteiger partial charge >= 0.3 is 0 Å². The van der Waals surface area contributed by atoms with Crippen LogP contribution in [0.25, 0.3) is 27.9 Å². The Kier molecular flexibility index (Phi) is 3.95. The van der Waals surface area contributed by atoms with Gasteiger partial charge in [-0.2, -0.15) is 0 Å². The van der Waals surface area contributed by atoms with Crippen LogP contribution < -0.4 is 4.90 Å². The van der Waals surface area contributed by atoms with E-state index in [1.165, 1.54) is 0 Å². The highest BCUT2D eigenvalue weighted by molar-refractivity contribution is 6.33. The predicted molar refractivity (Wildman–Crippen MR) is 107 cm³/mol. The summed E-state index contributed by atoms with van der Waals surface area (Å²) in [5, 5.41) is 10.6. The molecule has 0 aliphatic carbocycles. The molecule has 0 spiro atoms. The Hall–Kier alpha value is -2.70. The van der Waals surface area contributed by atoms with Crippen LogP contribution >= 0.6 is 11.6 Å². The molecule has 0 saturated carbocycles. The monoisotopic (exact) mass is 379 g/mol. The molecule has 1 aliphatic heterocycles. The first-order valence-corrected chi connectivity index (χ1v) is 9.33. The van der Waals surface area contributed by atoms with E-state index in [4.69, 9.17) is 21.3 Å². The van der Waals surface area contributed by atoms with Gasteiger partial charge in [0.15, 0.2) is 11.5 Å². The Morgan fingerprint density at radius 2 is 1.85 bits per heavy atom. The number of benzene rings is 2. The fourth-order valence-electron chi connectivity index (χ4n) is 3.52. The number of aromatic nitrogens is 4. The van der Waals surface area contributed by atoms with Crippen molar-refractivity contribution in [3.63, 3.8) is 0 Å². The fraction of sp³-hybridized carbons (Fsp3) is 0.250. The Morgan fingerprint density at radius 1 is 1.04 bits per heavy atom. The van der Waals surface area contributed by atoms with E-state index in [0.29, 0.717) is 24.1 Å². The van der Waals surface area contributed by atoms with Gasteiger partial charge in [-0.1, -0.05) is 35.4 Å². The molecule has 0 bridgehead atoms. The molecule has 2 aromatic heterocycles. The van der Waals surface area contributed by atoms with Crippen LogP contribution in [0.5, 0.6) is 0 Å². The molecule has 0 amide bonds. The van der Waals surface area contributed by atoms with E-state index in [0.717, 1.165) is 46.7 Å². The van der Waals surface area contributed by atoms with Gasteiger partial charge in [0.25, 0.3) is 0 Å². The summed E-state index contributed by atoms with van der Waals surface area (Å²) in [5.41, 5.74) is 3.70. The molecular weight excluding hydrogens is 362 g/mol. The van der Waals surface area contributed by atoms with Crippen LogP contribution in [0.1, 0.15) is 5.56 Å². The Morgan fingerprint density at radius 3 is 2.67 bits per heavy atom. The van der Waals surface area contributed by atoms with E-state index in [1.54, 1.807) is 0 Å². The third kappa shape index (κ3) is 2.72. The number of halogens is 1. The van der Waals surface area contributed by atoms with Crippen molar-refractivity contribution < 1.29 is 4.74 Å². The van der Waals surface area contributed by atoms with Crippen molar-refractivity contribution in [1.29, 1.82) is 0 Å². The zero-order chi connectivity index (χ0) is 18.4. The number of anilines is 1. The highest BCUT2D eigenvalue weighted by Gasteiger charge is 2.22. The average molecular weight is 380 g/mol. The summed E-state index contributed by atoms with van der Waals surface area (Å²) >= 11 is 6.46. The van der Waals surface area contributed by atoms with Gasteiger partial charge in [0.1, 0.15) is 0 Å². The molecule has 3 heterocycles. The lowest BCUT2D eigenvalue weighted by Crippen LogP contribution is -2.38. The number of fused-ring (bicyclic) bond motifs is 3. The first-order valence-electron chi connectivity index (χ1n) is 8.95. The van der Waals surface area contributed by atoms with Crippen LogP contribution in [0.3, 0.4) is 0 Å². The van der Waals surface area contributed by atoms with Gasteiger partial charge < -0.3 is 9.64 Å². The molecular formula is C20H18ClN5O. The standard InChI is InChI=1S/C20H18ClN5O/c1-13-6-7-17-15(12-13)19-24-23-18(14-4-2-3-5-16(14)21)26(19)20(22-17)25-8-10-27-11-9-25/h2-7,12H,8-11H2,1H3. The molecule has 2 aromatic carbocycles. The van der Waals surface area contributed by atoms with Crippen LogP contribution in [0, 0.1) is 6.92 Å². The maximum atomic E-state index is 6.46. The molecule has 1 aliphatic rings. The number of hydrogen-bond acceptors (Lipinski definition) is 5. The highest BCUT2D eigenvalue weighted by atomic mass is 35.5. The molecule has 0 N–H and O–H groups in total. The van der Waals surface area contributed by atoms with Crippen LogP contribution in [0.2, 0.25) is 5.02 Å². The number of nitrogens with zero attached hydrogens (tertiary/aromatic N) is 5. The van der Waals surface area contributed by atoms with Gasteiger partial charge in [0.2, 0.25) is 5.95 Å². The number of ether oxygens (including phenoxy) is 1. The van der Waals surface area contributed by atoms with E-state index in [1.807, 2.05) is 34.7 Å². The zero-order valence-corrected chi connectivity index (χ0v) is 15.6. The molecule has 5 rings (SSSR count). The maximum Gasteiger partial charge on any atom is 0.213 e. The molecule has 7 heteroatoms. The summed E-state index contributed by atoms with van der Waals surface area (Å²) in [6, 6.07) is 13.9. The molecule has 0 atom stereocenters. The third-order valence-corrected chi connectivity index (χ3v) is 5.21. The molecule has 136 valence electrons. The molecule has 0 radical (unpaired) electrons. The molecule has 4 aromatic rings. The third-order valence-electron chi connectivity index (χ3n) is 4.89. The van der Waals surface area contributed by atoms with Crippen molar-refractivity contribution in [1.82, 2.24) is 19.6 Å². The smallest absolute Gasteiger partial charge is 0.213 e. The zero-order valence-electron chi connectivity index (χ0n) is 14.9. The normalized spacial score (nSPS) is 15.0. The largest absolute Gasteiger partial charge is 0.378 e. The van der Waals surface area contributed by atoms with Crippen molar-refractivity contribution in [3.05, 3.63) is 53.1 Å². The average Bonchev–Trinajstić information content (AvgIpc) is 3.14. The van der Waals surface area contributed by atoms with E-state index in [2.05, 4.69) is 34.2 Å². The predicted octanol–water partition coefficient (Wildman–Crippen LogP) is 3.74. The highest BCUT2D eigenvalue weighted by Crippen LogP contribution is 2.32. The van der Waals surface area contributed by atoms with E-state index in [9.17, 15) is 0 Å². The van der Waals surface area contributed by atoms with Crippen LogP contribution in [-0.4, -0.2) is 45.9 Å². The summed E-state index contributed by atoms with van der Waals surface area (Å²) in [6.07, 6.45) is 0. The SMILES string of the molecule is Cc1ccc2nc(N3CCOCC3)n3c(-c4ccccc4Cl)nnc3c2c1. The van der Waals surface area contributed by atoms with E-state index < -0.39 is 0 Å². The first-order chi connectivity index (χ1) is 13.2. The van der Waals surface area contributed by atoms with E-state index >= 15 is 0 Å². The van der Waals surface area contributed by atoms with Crippen LogP contribution in [0.15, 0.2) is 42.5 Å². The second-order valence-electron chi connectivity index (χ2n) is 6.69. The Labute approximate surface area is 161 Å². The number of hydrogen-bond donors (Lipinski definition) is 0.